The number of anilines is 1. The molecule has 0 amide bonds. The van der Waals surface area contributed by atoms with Crippen molar-refractivity contribution < 1.29 is 9.90 Å². The Balaban J connectivity index is 2.38. The number of benzene rings is 2. The van der Waals surface area contributed by atoms with Crippen LogP contribution in [0.2, 0.25) is 0 Å². The Morgan fingerprint density at radius 2 is 1.37 bits per heavy atom. The fraction of sp³-hybridized carbons (Fsp3) is 0.188. The first-order chi connectivity index (χ1) is 8.91. The van der Waals surface area contributed by atoms with Crippen LogP contribution in [0, 0.1) is 0 Å². The van der Waals surface area contributed by atoms with Gasteiger partial charge in [-0.05, 0) is 35.4 Å². The molecule has 0 aliphatic rings. The van der Waals surface area contributed by atoms with Gasteiger partial charge < -0.3 is 10.8 Å². The summed E-state index contributed by atoms with van der Waals surface area (Å²) in [5.41, 5.74) is 8.76. The van der Waals surface area contributed by atoms with Crippen LogP contribution in [0.1, 0.15) is 35.3 Å². The highest BCUT2D eigenvalue weighted by atomic mass is 16.4. The molecule has 0 aliphatic carbocycles. The third-order valence-electron chi connectivity index (χ3n) is 3.49. The third-order valence-corrected chi connectivity index (χ3v) is 3.49. The van der Waals surface area contributed by atoms with Crippen LogP contribution in [0.25, 0.3) is 0 Å². The second-order valence-electron chi connectivity index (χ2n) is 5.13. The molecule has 3 N–H and O–H groups in total. The van der Waals surface area contributed by atoms with E-state index in [1.54, 1.807) is 12.1 Å². The minimum absolute atomic E-state index is 0.190. The second kappa shape index (κ2) is 4.76. The lowest BCUT2D eigenvalue weighted by molar-refractivity contribution is 0.0697. The highest BCUT2D eigenvalue weighted by Crippen LogP contribution is 2.31. The number of hydrogen-bond donors (Lipinski definition) is 2. The van der Waals surface area contributed by atoms with Crippen molar-refractivity contribution in [1.82, 2.24) is 0 Å². The van der Waals surface area contributed by atoms with E-state index in [1.807, 2.05) is 36.4 Å². The van der Waals surface area contributed by atoms with Crippen LogP contribution in [-0.2, 0) is 5.41 Å². The number of rotatable bonds is 3. The van der Waals surface area contributed by atoms with Crippen LogP contribution in [0.15, 0.2) is 48.5 Å². The van der Waals surface area contributed by atoms with Crippen molar-refractivity contribution in [2.45, 2.75) is 19.3 Å². The highest BCUT2D eigenvalue weighted by Gasteiger charge is 2.23. The summed E-state index contributed by atoms with van der Waals surface area (Å²) in [6, 6.07) is 14.7. The lowest BCUT2D eigenvalue weighted by Crippen LogP contribution is -2.19. The van der Waals surface area contributed by atoms with Gasteiger partial charge in [0.25, 0.3) is 0 Å². The molecular weight excluding hydrogens is 238 g/mol. The summed E-state index contributed by atoms with van der Waals surface area (Å²) in [6.45, 7) is 4.21. The van der Waals surface area contributed by atoms with E-state index >= 15 is 0 Å². The third kappa shape index (κ3) is 2.60. The summed E-state index contributed by atoms with van der Waals surface area (Å²) in [5.74, 6) is -0.906. The Morgan fingerprint density at radius 1 is 0.947 bits per heavy atom. The van der Waals surface area contributed by atoms with Crippen LogP contribution in [0.3, 0.4) is 0 Å². The molecule has 0 aliphatic heterocycles. The number of hydrogen-bond acceptors (Lipinski definition) is 2. The van der Waals surface area contributed by atoms with Crippen LogP contribution >= 0.6 is 0 Å². The molecule has 0 bridgehead atoms. The van der Waals surface area contributed by atoms with E-state index in [-0.39, 0.29) is 5.41 Å². The van der Waals surface area contributed by atoms with Gasteiger partial charge in [-0.15, -0.1) is 0 Å². The predicted octanol–water partition coefficient (Wildman–Crippen LogP) is 3.29. The maximum absolute atomic E-state index is 10.9. The number of carboxylic acids is 1. The Bertz CT molecular complexity index is 583. The Labute approximate surface area is 112 Å². The molecule has 19 heavy (non-hydrogen) atoms. The van der Waals surface area contributed by atoms with Crippen molar-refractivity contribution in [2.24, 2.45) is 0 Å². The van der Waals surface area contributed by atoms with Gasteiger partial charge in [-0.25, -0.2) is 4.79 Å². The van der Waals surface area contributed by atoms with Gasteiger partial charge in [0.05, 0.1) is 5.56 Å². The summed E-state index contributed by atoms with van der Waals surface area (Å²) in [5, 5.41) is 8.91. The molecule has 2 aromatic carbocycles. The Kier molecular flexibility index (Phi) is 3.30. The molecule has 0 saturated heterocycles. The van der Waals surface area contributed by atoms with E-state index < -0.39 is 5.97 Å². The quantitative estimate of drug-likeness (QED) is 0.827. The van der Waals surface area contributed by atoms with Crippen LogP contribution < -0.4 is 5.73 Å². The van der Waals surface area contributed by atoms with Crippen LogP contribution in [0.5, 0.6) is 0 Å². The number of carboxylic acid groups (broad SMARTS) is 1. The van der Waals surface area contributed by atoms with Crippen molar-refractivity contribution in [3.05, 3.63) is 65.2 Å². The van der Waals surface area contributed by atoms with E-state index in [2.05, 4.69) is 13.8 Å². The minimum Gasteiger partial charge on any atom is -0.478 e. The SMILES string of the molecule is CC(C)(c1ccc(N)cc1)c1ccc(C(=O)O)cc1. The van der Waals surface area contributed by atoms with Gasteiger partial charge in [-0.2, -0.15) is 0 Å². The molecule has 2 rings (SSSR count). The van der Waals surface area contributed by atoms with Gasteiger partial charge in [-0.1, -0.05) is 38.1 Å². The predicted molar refractivity (Wildman–Crippen MR) is 76.4 cm³/mol. The zero-order valence-electron chi connectivity index (χ0n) is 11.1. The number of nitrogens with two attached hydrogens (primary N) is 1. The minimum atomic E-state index is -0.906. The maximum Gasteiger partial charge on any atom is 0.335 e. The molecule has 3 heteroatoms. The normalized spacial score (nSPS) is 11.3. The van der Waals surface area contributed by atoms with Crippen LogP contribution in [0.4, 0.5) is 5.69 Å². The largest absolute Gasteiger partial charge is 0.478 e. The second-order valence-corrected chi connectivity index (χ2v) is 5.13. The first-order valence-electron chi connectivity index (χ1n) is 6.11. The molecule has 0 aromatic heterocycles. The lowest BCUT2D eigenvalue weighted by atomic mass is 9.78. The van der Waals surface area contributed by atoms with Crippen molar-refractivity contribution in [1.29, 1.82) is 0 Å². The molecule has 0 fully saturated rings. The van der Waals surface area contributed by atoms with E-state index in [4.69, 9.17) is 10.8 Å². The van der Waals surface area contributed by atoms with Gasteiger partial charge in [0.2, 0.25) is 0 Å². The van der Waals surface area contributed by atoms with Gasteiger partial charge in [0, 0.05) is 11.1 Å². The van der Waals surface area contributed by atoms with Gasteiger partial charge >= 0.3 is 5.97 Å². The fourth-order valence-corrected chi connectivity index (χ4v) is 2.10. The number of carbonyl (C=O) groups is 1. The zero-order valence-corrected chi connectivity index (χ0v) is 11.1. The topological polar surface area (TPSA) is 63.3 Å². The number of nitrogen functional groups attached to an aromatic ring is 1. The molecule has 0 radical (unpaired) electrons. The van der Waals surface area contributed by atoms with Gasteiger partial charge in [0.15, 0.2) is 0 Å². The molecule has 3 nitrogen and oxygen atoms in total. The molecule has 98 valence electrons. The smallest absolute Gasteiger partial charge is 0.335 e. The average Bonchev–Trinajstić information content (AvgIpc) is 2.39. The summed E-state index contributed by atoms with van der Waals surface area (Å²) in [6.07, 6.45) is 0. The Hall–Kier alpha value is -2.29. The molecule has 0 atom stereocenters. The first-order valence-corrected chi connectivity index (χ1v) is 6.11. The summed E-state index contributed by atoms with van der Waals surface area (Å²) >= 11 is 0. The molecule has 0 saturated carbocycles. The first kappa shape index (κ1) is 13.1. The van der Waals surface area contributed by atoms with Crippen molar-refractivity contribution in [2.75, 3.05) is 5.73 Å². The Morgan fingerprint density at radius 3 is 1.79 bits per heavy atom. The molecule has 0 heterocycles. The molecule has 0 unspecified atom stereocenters. The standard InChI is InChI=1S/C16H17NO2/c1-16(2,13-7-9-14(17)10-8-13)12-5-3-11(4-6-12)15(18)19/h3-10H,17H2,1-2H3,(H,18,19). The number of aromatic carboxylic acids is 1. The van der Waals surface area contributed by atoms with E-state index in [1.165, 1.54) is 0 Å². The molecular formula is C16H17NO2. The van der Waals surface area contributed by atoms with E-state index in [0.717, 1.165) is 16.8 Å². The monoisotopic (exact) mass is 255 g/mol. The van der Waals surface area contributed by atoms with E-state index in [0.29, 0.717) is 5.56 Å². The summed E-state index contributed by atoms with van der Waals surface area (Å²) < 4.78 is 0. The summed E-state index contributed by atoms with van der Waals surface area (Å²) in [4.78, 5) is 10.9. The molecule has 2 aromatic rings. The highest BCUT2D eigenvalue weighted by molar-refractivity contribution is 5.87. The van der Waals surface area contributed by atoms with Crippen LogP contribution in [-0.4, -0.2) is 11.1 Å². The average molecular weight is 255 g/mol. The zero-order chi connectivity index (χ0) is 14.0. The van der Waals surface area contributed by atoms with Crippen molar-refractivity contribution in [3.8, 4) is 0 Å². The van der Waals surface area contributed by atoms with Gasteiger partial charge in [0.1, 0.15) is 0 Å². The fourth-order valence-electron chi connectivity index (χ4n) is 2.10. The van der Waals surface area contributed by atoms with Gasteiger partial charge in [-0.3, -0.25) is 0 Å². The van der Waals surface area contributed by atoms with E-state index in [9.17, 15) is 4.79 Å². The summed E-state index contributed by atoms with van der Waals surface area (Å²) in [7, 11) is 0. The lowest BCUT2D eigenvalue weighted by Gasteiger charge is -2.26. The van der Waals surface area contributed by atoms with Crippen molar-refractivity contribution in [3.63, 3.8) is 0 Å². The maximum atomic E-state index is 10.9. The molecule has 0 spiro atoms. The van der Waals surface area contributed by atoms with Crippen molar-refractivity contribution >= 4 is 11.7 Å².